The highest BCUT2D eigenvalue weighted by Gasteiger charge is 2.40. The Labute approximate surface area is 102 Å². The fraction of sp³-hybridized carbons (Fsp3) is 0.900. The minimum atomic E-state index is -3.49. The van der Waals surface area contributed by atoms with Crippen LogP contribution < -0.4 is 0 Å². The maximum Gasteiger partial charge on any atom is 0.336 e. The van der Waals surface area contributed by atoms with Gasteiger partial charge in [-0.3, -0.25) is 4.57 Å². The molecule has 2 atom stereocenters. The summed E-state index contributed by atoms with van der Waals surface area (Å²) in [7, 11) is -3.49. The Morgan fingerprint density at radius 2 is 1.65 bits per heavy atom. The van der Waals surface area contributed by atoms with Crippen molar-refractivity contribution in [2.45, 2.75) is 39.5 Å². The van der Waals surface area contributed by atoms with Crippen molar-refractivity contribution >= 4 is 13.6 Å². The summed E-state index contributed by atoms with van der Waals surface area (Å²) in [6.45, 7) is 6.89. The molecule has 0 fully saturated rings. The summed E-state index contributed by atoms with van der Waals surface area (Å²) in [5.41, 5.74) is -0.957. The number of hydrogen-bond donors (Lipinski definition) is 1. The van der Waals surface area contributed by atoms with Crippen LogP contribution >= 0.6 is 7.60 Å². The van der Waals surface area contributed by atoms with Gasteiger partial charge in [-0.2, -0.15) is 0 Å². The van der Waals surface area contributed by atoms with Crippen LogP contribution in [0.5, 0.6) is 0 Å². The van der Waals surface area contributed by atoms with Crippen LogP contribution in [0.4, 0.5) is 0 Å². The first-order valence-electron chi connectivity index (χ1n) is 5.66. The standard InChI is InChI=1S/C10H21O6P/c1-5-14-10(12)9(11)8(4)17(13,15-6-2)16-7-3/h8-9,11H,5-7H2,1-4H3/t8-,9-/m1/s1. The van der Waals surface area contributed by atoms with Gasteiger partial charge in [0, 0.05) is 0 Å². The summed E-state index contributed by atoms with van der Waals surface area (Å²) in [5.74, 6) is -0.820. The Morgan fingerprint density at radius 1 is 1.18 bits per heavy atom. The predicted octanol–water partition coefficient (Wildman–Crippen LogP) is 1.56. The molecule has 0 rings (SSSR count). The molecule has 0 amide bonds. The van der Waals surface area contributed by atoms with Crippen LogP contribution in [0, 0.1) is 0 Å². The zero-order chi connectivity index (χ0) is 13.5. The molecule has 0 aliphatic carbocycles. The van der Waals surface area contributed by atoms with Crippen LogP contribution in [0.2, 0.25) is 0 Å². The number of hydrogen-bond acceptors (Lipinski definition) is 6. The number of esters is 1. The summed E-state index contributed by atoms with van der Waals surface area (Å²) in [4.78, 5) is 11.3. The molecular formula is C10H21O6P. The van der Waals surface area contributed by atoms with Gasteiger partial charge in [0.25, 0.3) is 0 Å². The maximum atomic E-state index is 12.3. The second kappa shape index (κ2) is 7.82. The lowest BCUT2D eigenvalue weighted by Gasteiger charge is -2.25. The largest absolute Gasteiger partial charge is 0.464 e. The molecule has 1 N–H and O–H groups in total. The molecule has 0 unspecified atom stereocenters. The average Bonchev–Trinajstić information content (AvgIpc) is 2.28. The molecule has 0 spiro atoms. The molecule has 102 valence electrons. The average molecular weight is 268 g/mol. The summed E-state index contributed by atoms with van der Waals surface area (Å²) in [6.07, 6.45) is -1.51. The molecule has 0 saturated heterocycles. The lowest BCUT2D eigenvalue weighted by molar-refractivity contribution is -0.153. The van der Waals surface area contributed by atoms with E-state index in [0.29, 0.717) is 0 Å². The Hall–Kier alpha value is -0.420. The van der Waals surface area contributed by atoms with E-state index in [1.807, 2.05) is 0 Å². The van der Waals surface area contributed by atoms with Crippen molar-refractivity contribution in [3.05, 3.63) is 0 Å². The molecule has 0 aliphatic heterocycles. The third kappa shape index (κ3) is 4.76. The second-order valence-corrected chi connectivity index (χ2v) is 5.72. The molecule has 0 aromatic rings. The minimum absolute atomic E-state index is 0.149. The van der Waals surface area contributed by atoms with Gasteiger partial charge in [0.1, 0.15) is 0 Å². The zero-order valence-electron chi connectivity index (χ0n) is 10.7. The van der Waals surface area contributed by atoms with Crippen LogP contribution in [-0.4, -0.2) is 42.7 Å². The number of carbonyl (C=O) groups excluding carboxylic acids is 1. The van der Waals surface area contributed by atoms with E-state index in [1.54, 1.807) is 20.8 Å². The SMILES string of the molecule is CCOC(=O)[C@H](O)[C@@H](C)P(=O)(OCC)OCC. The summed E-state index contributed by atoms with van der Waals surface area (Å²) in [5, 5.41) is 9.70. The predicted molar refractivity (Wildman–Crippen MR) is 63.0 cm³/mol. The highest BCUT2D eigenvalue weighted by Crippen LogP contribution is 2.54. The Kier molecular flexibility index (Phi) is 7.63. The number of aliphatic hydroxyl groups is 1. The van der Waals surface area contributed by atoms with Gasteiger partial charge >= 0.3 is 13.6 Å². The smallest absolute Gasteiger partial charge is 0.336 e. The van der Waals surface area contributed by atoms with E-state index in [1.165, 1.54) is 6.92 Å². The number of rotatable bonds is 8. The van der Waals surface area contributed by atoms with E-state index < -0.39 is 25.3 Å². The van der Waals surface area contributed by atoms with Gasteiger partial charge in [0.05, 0.1) is 25.5 Å². The van der Waals surface area contributed by atoms with E-state index in [4.69, 9.17) is 9.05 Å². The van der Waals surface area contributed by atoms with Gasteiger partial charge in [-0.25, -0.2) is 4.79 Å². The van der Waals surface area contributed by atoms with Gasteiger partial charge in [-0.1, -0.05) is 0 Å². The molecule has 0 saturated carbocycles. The Balaban J connectivity index is 4.76. The highest BCUT2D eigenvalue weighted by molar-refractivity contribution is 7.54. The molecule has 0 radical (unpaired) electrons. The van der Waals surface area contributed by atoms with Crippen LogP contribution in [0.3, 0.4) is 0 Å². The quantitative estimate of drug-likeness (QED) is 0.531. The maximum absolute atomic E-state index is 12.3. The summed E-state index contributed by atoms with van der Waals surface area (Å²) >= 11 is 0. The monoisotopic (exact) mass is 268 g/mol. The van der Waals surface area contributed by atoms with Gasteiger partial charge in [-0.05, 0) is 27.7 Å². The lowest BCUT2D eigenvalue weighted by Crippen LogP contribution is -2.34. The third-order valence-corrected chi connectivity index (χ3v) is 4.62. The fourth-order valence-corrected chi connectivity index (χ4v) is 2.96. The van der Waals surface area contributed by atoms with Crippen molar-refractivity contribution in [2.75, 3.05) is 19.8 Å². The summed E-state index contributed by atoms with van der Waals surface area (Å²) in [6, 6.07) is 0. The van der Waals surface area contributed by atoms with Gasteiger partial charge in [-0.15, -0.1) is 0 Å². The topological polar surface area (TPSA) is 82.1 Å². The molecule has 0 heterocycles. The molecule has 0 bridgehead atoms. The zero-order valence-corrected chi connectivity index (χ0v) is 11.6. The molecular weight excluding hydrogens is 247 g/mol. The first-order valence-corrected chi connectivity index (χ1v) is 7.27. The summed E-state index contributed by atoms with van der Waals surface area (Å²) < 4.78 is 27.0. The number of aliphatic hydroxyl groups excluding tert-OH is 1. The normalized spacial score (nSPS) is 15.4. The molecule has 7 heteroatoms. The van der Waals surface area contributed by atoms with E-state index in [-0.39, 0.29) is 19.8 Å². The molecule has 0 aromatic carbocycles. The first-order chi connectivity index (χ1) is 7.92. The van der Waals surface area contributed by atoms with Gasteiger partial charge < -0.3 is 18.9 Å². The third-order valence-electron chi connectivity index (χ3n) is 2.10. The minimum Gasteiger partial charge on any atom is -0.464 e. The molecule has 0 aliphatic rings. The fourth-order valence-electron chi connectivity index (χ4n) is 1.23. The first kappa shape index (κ1) is 16.6. The molecule has 0 aromatic heterocycles. The highest BCUT2D eigenvalue weighted by atomic mass is 31.2. The van der Waals surface area contributed by atoms with Crippen molar-refractivity contribution in [3.63, 3.8) is 0 Å². The lowest BCUT2D eigenvalue weighted by atomic mass is 10.3. The van der Waals surface area contributed by atoms with Crippen molar-refractivity contribution in [1.29, 1.82) is 0 Å². The molecule has 6 nitrogen and oxygen atoms in total. The van der Waals surface area contributed by atoms with E-state index in [2.05, 4.69) is 4.74 Å². The Morgan fingerprint density at radius 3 is 2.00 bits per heavy atom. The van der Waals surface area contributed by atoms with E-state index >= 15 is 0 Å². The molecule has 17 heavy (non-hydrogen) atoms. The van der Waals surface area contributed by atoms with Gasteiger partial charge in [0.15, 0.2) is 6.10 Å². The van der Waals surface area contributed by atoms with Crippen LogP contribution in [0.1, 0.15) is 27.7 Å². The number of ether oxygens (including phenoxy) is 1. The van der Waals surface area contributed by atoms with Crippen molar-refractivity contribution in [3.8, 4) is 0 Å². The van der Waals surface area contributed by atoms with Crippen LogP contribution in [0.25, 0.3) is 0 Å². The van der Waals surface area contributed by atoms with Gasteiger partial charge in [0.2, 0.25) is 0 Å². The van der Waals surface area contributed by atoms with E-state index in [9.17, 15) is 14.5 Å². The van der Waals surface area contributed by atoms with Crippen molar-refractivity contribution in [2.24, 2.45) is 0 Å². The van der Waals surface area contributed by atoms with Crippen molar-refractivity contribution in [1.82, 2.24) is 0 Å². The van der Waals surface area contributed by atoms with Crippen LogP contribution in [0.15, 0.2) is 0 Å². The number of carbonyl (C=O) groups is 1. The Bertz CT molecular complexity index is 270. The van der Waals surface area contributed by atoms with Crippen molar-refractivity contribution < 1.29 is 28.3 Å². The second-order valence-electron chi connectivity index (χ2n) is 3.31. The van der Waals surface area contributed by atoms with Crippen LogP contribution in [-0.2, 0) is 23.1 Å². The van der Waals surface area contributed by atoms with E-state index in [0.717, 1.165) is 0 Å².